The van der Waals surface area contributed by atoms with Crippen LogP contribution in [0.3, 0.4) is 0 Å². The number of hydrogen-bond donors (Lipinski definition) is 1. The van der Waals surface area contributed by atoms with E-state index in [1.807, 2.05) is 17.0 Å². The van der Waals surface area contributed by atoms with Gasteiger partial charge in [0, 0.05) is 29.5 Å². The highest BCUT2D eigenvalue weighted by Gasteiger charge is 2.45. The van der Waals surface area contributed by atoms with Crippen LogP contribution in [0, 0.1) is 18.6 Å². The zero-order chi connectivity index (χ0) is 34.1. The molecule has 3 aromatic heterocycles. The Morgan fingerprint density at radius 3 is 2.68 bits per heavy atom. The lowest BCUT2D eigenvalue weighted by Crippen LogP contribution is -2.22. The van der Waals surface area contributed by atoms with Crippen molar-refractivity contribution in [3.05, 3.63) is 112 Å². The molecule has 0 saturated carbocycles. The Kier molecular flexibility index (Phi) is 7.42. The van der Waals surface area contributed by atoms with E-state index in [2.05, 4.69) is 33.7 Å². The van der Waals surface area contributed by atoms with Gasteiger partial charge in [-0.1, -0.05) is 30.3 Å². The van der Waals surface area contributed by atoms with E-state index in [9.17, 15) is 13.6 Å². The Morgan fingerprint density at radius 1 is 1.02 bits per heavy atom. The molecule has 8 nitrogen and oxygen atoms in total. The summed E-state index contributed by atoms with van der Waals surface area (Å²) in [5.74, 6) is 0.408. The first-order valence-electron chi connectivity index (χ1n) is 17.0. The average Bonchev–Trinajstić information content (AvgIpc) is 3.96. The monoisotopic (exact) mass is 689 g/mol. The Bertz CT molecular complexity index is 2320. The normalized spacial score (nSPS) is 17.8. The van der Waals surface area contributed by atoms with Crippen molar-refractivity contribution in [2.24, 2.45) is 0 Å². The van der Waals surface area contributed by atoms with Gasteiger partial charge in [-0.25, -0.2) is 8.78 Å². The number of halogens is 2. The second-order valence-electron chi connectivity index (χ2n) is 13.2. The summed E-state index contributed by atoms with van der Waals surface area (Å²) in [5.41, 5.74) is 7.50. The number of aromatic nitrogens is 3. The molecule has 1 N–H and O–H groups in total. The van der Waals surface area contributed by atoms with E-state index in [-0.39, 0.29) is 29.6 Å². The summed E-state index contributed by atoms with van der Waals surface area (Å²) >= 11 is 1.61. The third-order valence-electron chi connectivity index (χ3n) is 10.3. The molecule has 50 heavy (non-hydrogen) atoms. The summed E-state index contributed by atoms with van der Waals surface area (Å²) in [6.45, 7) is 2.44. The molecule has 2 atom stereocenters. The van der Waals surface area contributed by atoms with Crippen LogP contribution in [-0.4, -0.2) is 39.6 Å². The molecule has 1 amide bonds. The number of nitrogens with zero attached hydrogens (tertiary/aromatic N) is 4. The zero-order valence-electron chi connectivity index (χ0n) is 27.6. The van der Waals surface area contributed by atoms with Crippen LogP contribution in [0.2, 0.25) is 0 Å². The van der Waals surface area contributed by atoms with Crippen LogP contribution in [0.5, 0.6) is 5.75 Å². The second-order valence-corrected chi connectivity index (χ2v) is 14.2. The first kappa shape index (κ1) is 30.9. The smallest absolute Gasteiger partial charge is 0.257 e. The van der Waals surface area contributed by atoms with Crippen molar-refractivity contribution in [2.75, 3.05) is 19.0 Å². The number of ether oxygens (including phenoxy) is 1. The SMILES string of the molecule is COc1c(F)ccc2c1CCC2Nc1cccc2cc(-c3c4c(nc(CCc5ccc(F)cc5)c3-c3nnc(C)o3)C3CCCN3C4=O)sc12. The van der Waals surface area contributed by atoms with Gasteiger partial charge in [-0.15, -0.1) is 21.5 Å². The highest BCUT2D eigenvalue weighted by molar-refractivity contribution is 7.23. The minimum absolute atomic E-state index is 0.00966. The largest absolute Gasteiger partial charge is 0.493 e. The van der Waals surface area contributed by atoms with E-state index in [1.165, 1.54) is 25.3 Å². The molecule has 0 bridgehead atoms. The van der Waals surface area contributed by atoms with Crippen molar-refractivity contribution in [3.63, 3.8) is 0 Å². The minimum atomic E-state index is -0.346. The van der Waals surface area contributed by atoms with Gasteiger partial charge in [0.15, 0.2) is 11.6 Å². The summed E-state index contributed by atoms with van der Waals surface area (Å²) in [5, 5.41) is 13.4. The maximum Gasteiger partial charge on any atom is 0.257 e. The molecule has 6 aromatic rings. The number of pyridine rings is 1. The van der Waals surface area contributed by atoms with E-state index in [4.69, 9.17) is 14.1 Å². The van der Waals surface area contributed by atoms with Crippen LogP contribution in [-0.2, 0) is 19.3 Å². The van der Waals surface area contributed by atoms with Crippen LogP contribution < -0.4 is 10.1 Å². The van der Waals surface area contributed by atoms with Gasteiger partial charge in [-0.2, -0.15) is 0 Å². The predicted octanol–water partition coefficient (Wildman–Crippen LogP) is 8.78. The number of fused-ring (bicyclic) bond motifs is 5. The number of nitrogens with one attached hydrogen (secondary N) is 1. The first-order valence-corrected chi connectivity index (χ1v) is 17.8. The van der Waals surface area contributed by atoms with Gasteiger partial charge in [-0.3, -0.25) is 9.78 Å². The summed E-state index contributed by atoms with van der Waals surface area (Å²) in [6, 6.07) is 18.1. The number of anilines is 1. The number of aryl methyl sites for hydroxylation is 3. The summed E-state index contributed by atoms with van der Waals surface area (Å²) in [7, 11) is 1.51. The minimum Gasteiger partial charge on any atom is -0.493 e. The van der Waals surface area contributed by atoms with Gasteiger partial charge < -0.3 is 19.4 Å². The number of amides is 1. The standard InChI is InChI=1S/C39H33F2N5O3S/c1-20-44-45-38(49-20)32-28(16-10-21-8-11-23(40)12-9-21)43-35-30-7-4-18-46(30)39(47)34(35)33(32)31-19-22-5-3-6-29(37(22)50-31)42-27-17-14-25-24(27)13-15-26(41)36(25)48-2/h3,5-6,8-9,11-13,15,19,27,30,42H,4,7,10,14,16-18H2,1-2H3. The molecule has 1 aliphatic carbocycles. The number of methoxy groups -OCH3 is 1. The van der Waals surface area contributed by atoms with E-state index < -0.39 is 0 Å². The molecule has 1 saturated heterocycles. The third kappa shape index (κ3) is 4.97. The Balaban J connectivity index is 1.20. The van der Waals surface area contributed by atoms with E-state index in [1.54, 1.807) is 30.4 Å². The molecule has 5 heterocycles. The fourth-order valence-electron chi connectivity index (χ4n) is 8.02. The molecular formula is C39H33F2N5O3S. The van der Waals surface area contributed by atoms with Gasteiger partial charge in [-0.05, 0) is 85.4 Å². The molecule has 2 aliphatic heterocycles. The molecule has 11 heteroatoms. The number of hydrogen-bond acceptors (Lipinski definition) is 8. The average molecular weight is 690 g/mol. The molecule has 2 unspecified atom stereocenters. The van der Waals surface area contributed by atoms with Crippen molar-refractivity contribution in [1.29, 1.82) is 0 Å². The highest BCUT2D eigenvalue weighted by atomic mass is 32.1. The molecular weight excluding hydrogens is 657 g/mol. The van der Waals surface area contributed by atoms with Crippen LogP contribution in [0.15, 0.2) is 65.1 Å². The summed E-state index contributed by atoms with van der Waals surface area (Å²) < 4.78 is 40.8. The van der Waals surface area contributed by atoms with Crippen LogP contribution >= 0.6 is 11.3 Å². The fourth-order valence-corrected chi connectivity index (χ4v) is 9.21. The Labute approximate surface area is 291 Å². The lowest BCUT2D eigenvalue weighted by Gasteiger charge is -2.17. The Hall–Kier alpha value is -5.16. The van der Waals surface area contributed by atoms with Gasteiger partial charge in [0.05, 0.1) is 52.1 Å². The predicted molar refractivity (Wildman–Crippen MR) is 188 cm³/mol. The maximum absolute atomic E-state index is 14.5. The van der Waals surface area contributed by atoms with E-state index in [0.29, 0.717) is 48.0 Å². The van der Waals surface area contributed by atoms with Gasteiger partial charge >= 0.3 is 0 Å². The van der Waals surface area contributed by atoms with Crippen molar-refractivity contribution >= 4 is 33.0 Å². The summed E-state index contributed by atoms with van der Waals surface area (Å²) in [6.07, 6.45) is 4.47. The van der Waals surface area contributed by atoms with Gasteiger partial charge in [0.2, 0.25) is 11.8 Å². The third-order valence-corrected chi connectivity index (χ3v) is 11.5. The molecule has 0 radical (unpaired) electrons. The zero-order valence-corrected chi connectivity index (χ0v) is 28.4. The quantitative estimate of drug-likeness (QED) is 0.171. The second kappa shape index (κ2) is 12.0. The number of benzene rings is 3. The number of rotatable bonds is 8. The van der Waals surface area contributed by atoms with E-state index >= 15 is 0 Å². The maximum atomic E-state index is 14.5. The molecule has 9 rings (SSSR count). The molecule has 1 fully saturated rings. The van der Waals surface area contributed by atoms with Crippen molar-refractivity contribution in [1.82, 2.24) is 20.1 Å². The van der Waals surface area contributed by atoms with E-state index in [0.717, 1.165) is 80.0 Å². The lowest BCUT2D eigenvalue weighted by atomic mass is 9.93. The van der Waals surface area contributed by atoms with Crippen molar-refractivity contribution in [3.8, 4) is 27.6 Å². The topological polar surface area (TPSA) is 93.4 Å². The number of carbonyl (C=O) groups excluding carboxylic acids is 1. The Morgan fingerprint density at radius 2 is 1.88 bits per heavy atom. The highest BCUT2D eigenvalue weighted by Crippen LogP contribution is 2.51. The summed E-state index contributed by atoms with van der Waals surface area (Å²) in [4.78, 5) is 22.3. The number of thiophene rings is 1. The van der Waals surface area contributed by atoms with Crippen molar-refractivity contribution < 1.29 is 22.7 Å². The van der Waals surface area contributed by atoms with Crippen LogP contribution in [0.1, 0.15) is 75.7 Å². The number of carbonyl (C=O) groups is 1. The van der Waals surface area contributed by atoms with Gasteiger partial charge in [0.1, 0.15) is 5.82 Å². The molecule has 3 aliphatic rings. The fraction of sp³-hybridized carbons (Fsp3) is 0.282. The first-order chi connectivity index (χ1) is 24.4. The van der Waals surface area contributed by atoms with Crippen LogP contribution in [0.4, 0.5) is 14.5 Å². The molecule has 252 valence electrons. The van der Waals surface area contributed by atoms with Crippen molar-refractivity contribution in [2.45, 2.75) is 57.5 Å². The van der Waals surface area contributed by atoms with Crippen LogP contribution in [0.25, 0.3) is 32.0 Å². The molecule has 0 spiro atoms. The molecule has 3 aromatic carbocycles. The lowest BCUT2D eigenvalue weighted by molar-refractivity contribution is 0.0776. The van der Waals surface area contributed by atoms with Gasteiger partial charge in [0.25, 0.3) is 5.91 Å².